The third kappa shape index (κ3) is 4.38. The zero-order valence-electron chi connectivity index (χ0n) is 9.29. The van der Waals surface area contributed by atoms with Gasteiger partial charge in [0.2, 0.25) is 11.8 Å². The number of rotatable bonds is 4. The topological polar surface area (TPSA) is 97.1 Å². The summed E-state index contributed by atoms with van der Waals surface area (Å²) in [6, 6.07) is 1.69. The first-order chi connectivity index (χ1) is 8.02. The van der Waals surface area contributed by atoms with E-state index >= 15 is 0 Å². The van der Waals surface area contributed by atoms with Crippen LogP contribution in [0, 0.1) is 6.92 Å². The summed E-state index contributed by atoms with van der Waals surface area (Å²) in [4.78, 5) is 26.1. The van der Waals surface area contributed by atoms with Crippen LogP contribution in [0.25, 0.3) is 0 Å². The third-order valence-electron chi connectivity index (χ3n) is 1.93. The van der Waals surface area contributed by atoms with Crippen LogP contribution in [0.2, 0.25) is 5.15 Å². The Morgan fingerprint density at radius 3 is 2.76 bits per heavy atom. The zero-order chi connectivity index (χ0) is 12.8. The van der Waals surface area contributed by atoms with Crippen LogP contribution < -0.4 is 16.4 Å². The fourth-order valence-electron chi connectivity index (χ4n) is 1.08. The summed E-state index contributed by atoms with van der Waals surface area (Å²) in [6.07, 6.45) is 1.44. The molecule has 4 N–H and O–H groups in total. The molecule has 0 aliphatic carbocycles. The number of nitrogens with one attached hydrogen (secondary N) is 2. The number of amides is 2. The lowest BCUT2D eigenvalue weighted by molar-refractivity contribution is -0.123. The molecule has 0 unspecified atom stereocenters. The van der Waals surface area contributed by atoms with Gasteiger partial charge in [-0.05, 0) is 18.6 Å². The molecule has 0 saturated carbocycles. The second-order valence-corrected chi connectivity index (χ2v) is 3.72. The number of anilines is 1. The first kappa shape index (κ1) is 13.4. The van der Waals surface area contributed by atoms with Gasteiger partial charge in [-0.3, -0.25) is 9.59 Å². The van der Waals surface area contributed by atoms with Crippen LogP contribution in [0.5, 0.6) is 0 Å². The maximum atomic E-state index is 11.4. The number of aromatic nitrogens is 1. The molecule has 0 atom stereocenters. The van der Waals surface area contributed by atoms with Crippen molar-refractivity contribution in [2.75, 3.05) is 18.4 Å². The number of aryl methyl sites for hydroxylation is 1. The molecule has 1 rings (SSSR count). The predicted octanol–water partition coefficient (Wildman–Crippen LogP) is 0.0568. The van der Waals surface area contributed by atoms with Crippen molar-refractivity contribution in [1.82, 2.24) is 10.3 Å². The number of hydrogen-bond donors (Lipinski definition) is 3. The summed E-state index contributed by atoms with van der Waals surface area (Å²) in [7, 11) is 0. The van der Waals surface area contributed by atoms with E-state index in [4.69, 9.17) is 17.3 Å². The normalized spacial score (nSPS) is 9.82. The number of pyridine rings is 1. The zero-order valence-corrected chi connectivity index (χ0v) is 10.0. The van der Waals surface area contributed by atoms with Crippen molar-refractivity contribution in [2.24, 2.45) is 5.73 Å². The lowest BCUT2D eigenvalue weighted by atomic mass is 10.3. The molecule has 0 radical (unpaired) electrons. The molecular formula is C10H13ClN4O2. The molecule has 7 heteroatoms. The van der Waals surface area contributed by atoms with Crippen molar-refractivity contribution in [3.63, 3.8) is 0 Å². The quantitative estimate of drug-likeness (QED) is 0.664. The van der Waals surface area contributed by atoms with Crippen LogP contribution in [-0.2, 0) is 9.59 Å². The van der Waals surface area contributed by atoms with Gasteiger partial charge >= 0.3 is 0 Å². The van der Waals surface area contributed by atoms with Gasteiger partial charge in [-0.25, -0.2) is 4.98 Å². The monoisotopic (exact) mass is 256 g/mol. The van der Waals surface area contributed by atoms with Gasteiger partial charge in [0, 0.05) is 0 Å². The molecule has 1 aromatic heterocycles. The molecule has 1 heterocycles. The van der Waals surface area contributed by atoms with Gasteiger partial charge in [-0.15, -0.1) is 0 Å². The SMILES string of the molecule is Cc1cc(NC(=O)CNC(=O)CN)cnc1Cl. The van der Waals surface area contributed by atoms with Crippen LogP contribution in [0.1, 0.15) is 5.56 Å². The lowest BCUT2D eigenvalue weighted by Gasteiger charge is -2.07. The standard InChI is InChI=1S/C10H13ClN4O2/c1-6-2-7(4-14-10(6)11)15-9(17)5-13-8(16)3-12/h2,4H,3,5,12H2,1H3,(H,13,16)(H,15,17). The van der Waals surface area contributed by atoms with Crippen LogP contribution >= 0.6 is 11.6 Å². The average molecular weight is 257 g/mol. The van der Waals surface area contributed by atoms with Gasteiger partial charge < -0.3 is 16.4 Å². The van der Waals surface area contributed by atoms with Crippen LogP contribution in [-0.4, -0.2) is 29.9 Å². The highest BCUT2D eigenvalue weighted by molar-refractivity contribution is 6.30. The molecule has 92 valence electrons. The summed E-state index contributed by atoms with van der Waals surface area (Å²) >= 11 is 5.74. The smallest absolute Gasteiger partial charge is 0.243 e. The number of carbonyl (C=O) groups excluding carboxylic acids is 2. The van der Waals surface area contributed by atoms with Crippen molar-refractivity contribution in [2.45, 2.75) is 6.92 Å². The molecule has 17 heavy (non-hydrogen) atoms. The minimum Gasteiger partial charge on any atom is -0.346 e. The van der Waals surface area contributed by atoms with E-state index in [9.17, 15) is 9.59 Å². The van der Waals surface area contributed by atoms with Gasteiger partial charge in [-0.2, -0.15) is 0 Å². The first-order valence-corrected chi connectivity index (χ1v) is 5.29. The predicted molar refractivity (Wildman–Crippen MR) is 64.7 cm³/mol. The van der Waals surface area contributed by atoms with Crippen molar-refractivity contribution < 1.29 is 9.59 Å². The molecule has 0 fully saturated rings. The molecule has 0 spiro atoms. The number of hydrogen-bond acceptors (Lipinski definition) is 4. The Labute approximate surface area is 104 Å². The largest absolute Gasteiger partial charge is 0.346 e. The van der Waals surface area contributed by atoms with E-state index in [1.165, 1.54) is 6.20 Å². The summed E-state index contributed by atoms with van der Waals surface area (Å²) in [5.41, 5.74) is 6.37. The van der Waals surface area contributed by atoms with Gasteiger partial charge in [0.1, 0.15) is 5.15 Å². The Bertz CT molecular complexity index is 436. The molecule has 0 saturated heterocycles. The molecule has 6 nitrogen and oxygen atoms in total. The number of nitrogens with zero attached hydrogens (tertiary/aromatic N) is 1. The highest BCUT2D eigenvalue weighted by atomic mass is 35.5. The minimum atomic E-state index is -0.384. The molecule has 1 aromatic rings. The van der Waals surface area contributed by atoms with E-state index < -0.39 is 0 Å². The second kappa shape index (κ2) is 6.17. The summed E-state index contributed by atoms with van der Waals surface area (Å²) in [6.45, 7) is 1.51. The summed E-state index contributed by atoms with van der Waals surface area (Å²) in [5, 5.41) is 5.32. The average Bonchev–Trinajstić information content (AvgIpc) is 2.31. The van der Waals surface area contributed by atoms with Crippen molar-refractivity contribution >= 4 is 29.1 Å². The minimum absolute atomic E-state index is 0.127. The summed E-state index contributed by atoms with van der Waals surface area (Å²) in [5.74, 6) is -0.735. The molecule has 0 bridgehead atoms. The second-order valence-electron chi connectivity index (χ2n) is 3.36. The van der Waals surface area contributed by atoms with E-state index in [1.807, 2.05) is 0 Å². The van der Waals surface area contributed by atoms with E-state index in [-0.39, 0.29) is 24.9 Å². The van der Waals surface area contributed by atoms with E-state index in [0.29, 0.717) is 10.8 Å². The molecular weight excluding hydrogens is 244 g/mol. The lowest BCUT2D eigenvalue weighted by Crippen LogP contribution is -2.36. The number of carbonyl (C=O) groups is 2. The maximum absolute atomic E-state index is 11.4. The Balaban J connectivity index is 2.50. The maximum Gasteiger partial charge on any atom is 0.243 e. The van der Waals surface area contributed by atoms with E-state index in [1.54, 1.807) is 13.0 Å². The van der Waals surface area contributed by atoms with Crippen molar-refractivity contribution in [3.8, 4) is 0 Å². The Morgan fingerprint density at radius 1 is 1.47 bits per heavy atom. The number of nitrogens with two attached hydrogens (primary N) is 1. The first-order valence-electron chi connectivity index (χ1n) is 4.91. The Morgan fingerprint density at radius 2 is 2.18 bits per heavy atom. The van der Waals surface area contributed by atoms with Crippen LogP contribution in [0.4, 0.5) is 5.69 Å². The molecule has 0 aliphatic heterocycles. The molecule has 0 aliphatic rings. The van der Waals surface area contributed by atoms with Gasteiger partial charge in [0.25, 0.3) is 0 Å². The van der Waals surface area contributed by atoms with Crippen molar-refractivity contribution in [3.05, 3.63) is 23.0 Å². The molecule has 2 amide bonds. The highest BCUT2D eigenvalue weighted by Gasteiger charge is 2.05. The summed E-state index contributed by atoms with van der Waals surface area (Å²) < 4.78 is 0. The fraction of sp³-hybridized carbons (Fsp3) is 0.300. The Hall–Kier alpha value is -1.66. The van der Waals surface area contributed by atoms with E-state index in [0.717, 1.165) is 5.56 Å². The van der Waals surface area contributed by atoms with E-state index in [2.05, 4.69) is 15.6 Å². The Kier molecular flexibility index (Phi) is 4.86. The fourth-order valence-corrected chi connectivity index (χ4v) is 1.19. The van der Waals surface area contributed by atoms with Gasteiger partial charge in [0.15, 0.2) is 0 Å². The third-order valence-corrected chi connectivity index (χ3v) is 2.33. The number of halogens is 1. The highest BCUT2D eigenvalue weighted by Crippen LogP contribution is 2.15. The van der Waals surface area contributed by atoms with Crippen LogP contribution in [0.3, 0.4) is 0 Å². The van der Waals surface area contributed by atoms with Crippen LogP contribution in [0.15, 0.2) is 12.3 Å². The van der Waals surface area contributed by atoms with Crippen molar-refractivity contribution in [1.29, 1.82) is 0 Å². The molecule has 0 aromatic carbocycles. The van der Waals surface area contributed by atoms with Gasteiger partial charge in [-0.1, -0.05) is 11.6 Å². The van der Waals surface area contributed by atoms with Gasteiger partial charge in [0.05, 0.1) is 25.0 Å².